The number of aromatic hydroxyl groups is 1. The standard InChI is InChI=1S/C16H19N3O4/c1-2-3-7-13(16(22)23)19-9-12(17-10-19)15(21)18-11-6-4-5-8-14(11)20/h4-6,8-10,13,20H,2-3,7H2,1H3,(H,18,21)(H,22,23). The van der Waals surface area contributed by atoms with Gasteiger partial charge in [0.2, 0.25) is 0 Å². The first-order valence-electron chi connectivity index (χ1n) is 7.38. The normalized spacial score (nSPS) is 11.9. The molecule has 0 bridgehead atoms. The van der Waals surface area contributed by atoms with E-state index in [4.69, 9.17) is 0 Å². The molecule has 0 aliphatic heterocycles. The number of hydrogen-bond donors (Lipinski definition) is 3. The molecule has 0 radical (unpaired) electrons. The Balaban J connectivity index is 2.12. The van der Waals surface area contributed by atoms with Gasteiger partial charge in [-0.25, -0.2) is 9.78 Å². The van der Waals surface area contributed by atoms with Gasteiger partial charge in [0.05, 0.1) is 12.0 Å². The average molecular weight is 317 g/mol. The highest BCUT2D eigenvalue weighted by atomic mass is 16.4. The quantitative estimate of drug-likeness (QED) is 0.681. The molecule has 7 nitrogen and oxygen atoms in total. The number of aromatic nitrogens is 2. The first-order valence-corrected chi connectivity index (χ1v) is 7.38. The molecule has 7 heteroatoms. The molecule has 1 aromatic heterocycles. The fraction of sp³-hybridized carbons (Fsp3) is 0.312. The van der Waals surface area contributed by atoms with Gasteiger partial charge in [-0.15, -0.1) is 0 Å². The van der Waals surface area contributed by atoms with Gasteiger partial charge in [-0.3, -0.25) is 4.79 Å². The highest BCUT2D eigenvalue weighted by Crippen LogP contribution is 2.22. The summed E-state index contributed by atoms with van der Waals surface area (Å²) in [4.78, 5) is 27.4. The number of para-hydroxylation sites is 2. The number of carboxylic acid groups (broad SMARTS) is 1. The summed E-state index contributed by atoms with van der Waals surface area (Å²) in [5.41, 5.74) is 0.365. The molecule has 0 saturated heterocycles. The summed E-state index contributed by atoms with van der Waals surface area (Å²) >= 11 is 0. The van der Waals surface area contributed by atoms with Crippen LogP contribution in [0.3, 0.4) is 0 Å². The number of unbranched alkanes of at least 4 members (excludes halogenated alkanes) is 1. The van der Waals surface area contributed by atoms with Gasteiger partial charge in [-0.1, -0.05) is 31.9 Å². The minimum atomic E-state index is -0.955. The fourth-order valence-electron chi connectivity index (χ4n) is 2.19. The van der Waals surface area contributed by atoms with Crippen molar-refractivity contribution in [3.63, 3.8) is 0 Å². The molecule has 1 unspecified atom stereocenters. The van der Waals surface area contributed by atoms with E-state index in [9.17, 15) is 19.8 Å². The SMILES string of the molecule is CCCCC(C(=O)O)n1cnc(C(=O)Nc2ccccc2O)c1. The van der Waals surface area contributed by atoms with E-state index in [2.05, 4.69) is 10.3 Å². The largest absolute Gasteiger partial charge is 0.506 e. The predicted molar refractivity (Wildman–Crippen MR) is 84.5 cm³/mol. The van der Waals surface area contributed by atoms with E-state index in [0.29, 0.717) is 6.42 Å². The Morgan fingerprint density at radius 3 is 2.74 bits per heavy atom. The van der Waals surface area contributed by atoms with E-state index in [0.717, 1.165) is 12.8 Å². The summed E-state index contributed by atoms with van der Waals surface area (Å²) in [5, 5.41) is 21.5. The van der Waals surface area contributed by atoms with Crippen LogP contribution < -0.4 is 5.32 Å². The van der Waals surface area contributed by atoms with E-state index >= 15 is 0 Å². The van der Waals surface area contributed by atoms with Gasteiger partial charge in [0, 0.05) is 6.20 Å². The number of aliphatic carboxylic acids is 1. The smallest absolute Gasteiger partial charge is 0.326 e. The highest BCUT2D eigenvalue weighted by Gasteiger charge is 2.21. The van der Waals surface area contributed by atoms with Crippen LogP contribution in [-0.2, 0) is 4.79 Å². The number of hydrogen-bond acceptors (Lipinski definition) is 4. The Kier molecular flexibility index (Phi) is 5.35. The third-order valence-electron chi connectivity index (χ3n) is 3.46. The number of carboxylic acids is 1. The number of phenolic OH excluding ortho intramolecular Hbond substituents is 1. The fourth-order valence-corrected chi connectivity index (χ4v) is 2.19. The van der Waals surface area contributed by atoms with E-state index in [-0.39, 0.29) is 17.1 Å². The Morgan fingerprint density at radius 2 is 2.09 bits per heavy atom. The molecule has 1 heterocycles. The van der Waals surface area contributed by atoms with Crippen molar-refractivity contribution in [2.45, 2.75) is 32.2 Å². The van der Waals surface area contributed by atoms with Gasteiger partial charge in [-0.2, -0.15) is 0 Å². The Morgan fingerprint density at radius 1 is 1.35 bits per heavy atom. The van der Waals surface area contributed by atoms with E-state index in [1.54, 1.807) is 18.2 Å². The summed E-state index contributed by atoms with van der Waals surface area (Å²) in [7, 11) is 0. The lowest BCUT2D eigenvalue weighted by Crippen LogP contribution is -2.18. The molecule has 122 valence electrons. The van der Waals surface area contributed by atoms with Crippen LogP contribution in [0.15, 0.2) is 36.8 Å². The second-order valence-corrected chi connectivity index (χ2v) is 5.17. The van der Waals surface area contributed by atoms with Gasteiger partial charge in [0.25, 0.3) is 5.91 Å². The Labute approximate surface area is 133 Å². The lowest BCUT2D eigenvalue weighted by Gasteiger charge is -2.12. The number of amides is 1. The van der Waals surface area contributed by atoms with Crippen LogP contribution in [0, 0.1) is 0 Å². The van der Waals surface area contributed by atoms with Crippen LogP contribution in [0.5, 0.6) is 5.75 Å². The van der Waals surface area contributed by atoms with Crippen molar-refractivity contribution in [3.8, 4) is 5.75 Å². The molecule has 23 heavy (non-hydrogen) atoms. The Bertz CT molecular complexity index is 696. The number of carbonyl (C=O) groups is 2. The zero-order valence-electron chi connectivity index (χ0n) is 12.8. The molecule has 0 spiro atoms. The molecule has 0 aliphatic carbocycles. The zero-order valence-corrected chi connectivity index (χ0v) is 12.8. The van der Waals surface area contributed by atoms with Crippen LogP contribution in [0.2, 0.25) is 0 Å². The molecule has 1 amide bonds. The predicted octanol–water partition coefficient (Wildman–Crippen LogP) is 2.66. The first-order chi connectivity index (χ1) is 11.0. The van der Waals surface area contributed by atoms with Crippen molar-refractivity contribution < 1.29 is 19.8 Å². The molecule has 3 N–H and O–H groups in total. The molecule has 1 atom stereocenters. The maximum Gasteiger partial charge on any atom is 0.326 e. The van der Waals surface area contributed by atoms with Crippen molar-refractivity contribution in [2.75, 3.05) is 5.32 Å². The maximum atomic E-state index is 12.1. The van der Waals surface area contributed by atoms with E-state index in [1.807, 2.05) is 6.92 Å². The van der Waals surface area contributed by atoms with Gasteiger partial charge < -0.3 is 20.1 Å². The zero-order chi connectivity index (χ0) is 16.8. The second-order valence-electron chi connectivity index (χ2n) is 5.17. The van der Waals surface area contributed by atoms with Crippen LogP contribution >= 0.6 is 0 Å². The minimum Gasteiger partial charge on any atom is -0.506 e. The van der Waals surface area contributed by atoms with E-state index in [1.165, 1.54) is 23.2 Å². The molecule has 0 fully saturated rings. The average Bonchev–Trinajstić information content (AvgIpc) is 2.99. The van der Waals surface area contributed by atoms with Crippen molar-refractivity contribution in [3.05, 3.63) is 42.5 Å². The summed E-state index contributed by atoms with van der Waals surface area (Å²) < 4.78 is 1.43. The van der Waals surface area contributed by atoms with Crippen molar-refractivity contribution in [1.29, 1.82) is 0 Å². The van der Waals surface area contributed by atoms with Gasteiger partial charge >= 0.3 is 5.97 Å². The molecule has 0 aliphatic rings. The summed E-state index contributed by atoms with van der Waals surface area (Å²) in [5.74, 6) is -1.51. The third-order valence-corrected chi connectivity index (χ3v) is 3.46. The third kappa shape index (κ3) is 4.09. The second kappa shape index (κ2) is 7.44. The summed E-state index contributed by atoms with van der Waals surface area (Å²) in [6.45, 7) is 1.98. The highest BCUT2D eigenvalue weighted by molar-refractivity contribution is 6.03. The number of carbonyl (C=O) groups excluding carboxylic acids is 1. The summed E-state index contributed by atoms with van der Waals surface area (Å²) in [6, 6.07) is 5.60. The first kappa shape index (κ1) is 16.5. The number of rotatable bonds is 7. The van der Waals surface area contributed by atoms with Gasteiger partial charge in [-0.05, 0) is 18.6 Å². The monoisotopic (exact) mass is 317 g/mol. The number of nitrogens with one attached hydrogen (secondary N) is 1. The van der Waals surface area contributed by atoms with Crippen LogP contribution in [0.4, 0.5) is 5.69 Å². The van der Waals surface area contributed by atoms with Crippen molar-refractivity contribution in [2.24, 2.45) is 0 Å². The Hall–Kier alpha value is -2.83. The minimum absolute atomic E-state index is 0.0494. The van der Waals surface area contributed by atoms with Crippen molar-refractivity contribution in [1.82, 2.24) is 9.55 Å². The maximum absolute atomic E-state index is 12.1. The topological polar surface area (TPSA) is 104 Å². The van der Waals surface area contributed by atoms with Crippen LogP contribution in [0.25, 0.3) is 0 Å². The van der Waals surface area contributed by atoms with Gasteiger partial charge in [0.1, 0.15) is 17.5 Å². The lowest BCUT2D eigenvalue weighted by molar-refractivity contribution is -0.141. The molecular weight excluding hydrogens is 298 g/mol. The molecule has 2 rings (SSSR count). The summed E-state index contributed by atoms with van der Waals surface area (Å²) in [6.07, 6.45) is 4.88. The lowest BCUT2D eigenvalue weighted by atomic mass is 10.1. The number of phenols is 1. The number of benzene rings is 1. The molecule has 2 aromatic rings. The van der Waals surface area contributed by atoms with Crippen LogP contribution in [0.1, 0.15) is 42.7 Å². The molecule has 0 saturated carbocycles. The number of nitrogens with zero attached hydrogens (tertiary/aromatic N) is 2. The van der Waals surface area contributed by atoms with Crippen molar-refractivity contribution >= 4 is 17.6 Å². The van der Waals surface area contributed by atoms with Crippen LogP contribution in [-0.4, -0.2) is 31.6 Å². The number of anilines is 1. The molecule has 1 aromatic carbocycles. The molecular formula is C16H19N3O4. The number of imidazole rings is 1. The van der Waals surface area contributed by atoms with E-state index < -0.39 is 17.9 Å². The van der Waals surface area contributed by atoms with Gasteiger partial charge in [0.15, 0.2) is 0 Å².